The van der Waals surface area contributed by atoms with Crippen LogP contribution in [0.15, 0.2) is 16.3 Å². The van der Waals surface area contributed by atoms with E-state index in [9.17, 15) is 13.2 Å². The highest BCUT2D eigenvalue weighted by Gasteiger charge is 2.28. The van der Waals surface area contributed by atoms with E-state index in [1.165, 1.54) is 15.6 Å². The summed E-state index contributed by atoms with van der Waals surface area (Å²) in [6.07, 6.45) is 2.85. The molecule has 1 amide bonds. The smallest absolute Gasteiger partial charge is 0.252 e. The molecule has 2 heterocycles. The third-order valence-corrected chi connectivity index (χ3v) is 7.49. The fourth-order valence-electron chi connectivity index (χ4n) is 2.87. The van der Waals surface area contributed by atoms with Crippen molar-refractivity contribution in [3.8, 4) is 0 Å². The molecule has 8 heteroatoms. The summed E-state index contributed by atoms with van der Waals surface area (Å²) in [5.74, 6) is 0.343. The van der Waals surface area contributed by atoms with Crippen LogP contribution in [0.4, 0.5) is 0 Å². The Morgan fingerprint density at radius 1 is 1.33 bits per heavy atom. The van der Waals surface area contributed by atoms with Crippen molar-refractivity contribution in [2.45, 2.75) is 49.8 Å². The van der Waals surface area contributed by atoms with Crippen molar-refractivity contribution in [2.75, 3.05) is 19.6 Å². The topological polar surface area (TPSA) is 92.5 Å². The standard InChI is InChI=1S/C16H27N3O3S2/c1-12(2)9-13(11-17)18-15(20)10-14-5-6-16(23-14)24(21,22)19-7-3-4-8-19/h5-6,12-13H,3-4,7-11,17H2,1-2H3,(H,18,20). The molecule has 1 aromatic heterocycles. The normalized spacial score (nSPS) is 17.3. The van der Waals surface area contributed by atoms with Crippen molar-refractivity contribution in [3.63, 3.8) is 0 Å². The number of carbonyl (C=O) groups is 1. The first kappa shape index (κ1) is 19.4. The third-order valence-electron chi connectivity index (χ3n) is 4.04. The number of amides is 1. The summed E-state index contributed by atoms with van der Waals surface area (Å²) in [5.41, 5.74) is 5.70. The second-order valence-corrected chi connectivity index (χ2v) is 9.97. The van der Waals surface area contributed by atoms with Gasteiger partial charge in [-0.2, -0.15) is 4.31 Å². The number of hydrogen-bond donors (Lipinski definition) is 2. The number of nitrogens with zero attached hydrogens (tertiary/aromatic N) is 1. The molecule has 1 saturated heterocycles. The molecular formula is C16H27N3O3S2. The van der Waals surface area contributed by atoms with Crippen LogP contribution in [0.3, 0.4) is 0 Å². The zero-order valence-corrected chi connectivity index (χ0v) is 16.0. The van der Waals surface area contributed by atoms with Gasteiger partial charge in [0.2, 0.25) is 5.91 Å². The number of rotatable bonds is 8. The minimum atomic E-state index is -3.40. The Kier molecular flexibility index (Phi) is 6.79. The van der Waals surface area contributed by atoms with Crippen LogP contribution in [0.25, 0.3) is 0 Å². The van der Waals surface area contributed by atoms with Crippen molar-refractivity contribution < 1.29 is 13.2 Å². The van der Waals surface area contributed by atoms with Crippen LogP contribution in [0.2, 0.25) is 0 Å². The summed E-state index contributed by atoms with van der Waals surface area (Å²) >= 11 is 1.18. The van der Waals surface area contributed by atoms with E-state index in [0.717, 1.165) is 24.1 Å². The second kappa shape index (κ2) is 8.42. The maximum Gasteiger partial charge on any atom is 0.252 e. The van der Waals surface area contributed by atoms with E-state index in [1.54, 1.807) is 12.1 Å². The lowest BCUT2D eigenvalue weighted by Gasteiger charge is -2.18. The Labute approximate surface area is 148 Å². The summed E-state index contributed by atoms with van der Waals surface area (Å²) in [4.78, 5) is 12.9. The third kappa shape index (κ3) is 5.02. The van der Waals surface area contributed by atoms with Gasteiger partial charge < -0.3 is 11.1 Å². The molecule has 1 aromatic rings. The van der Waals surface area contributed by atoms with Crippen LogP contribution in [-0.4, -0.2) is 44.3 Å². The van der Waals surface area contributed by atoms with Crippen molar-refractivity contribution in [1.29, 1.82) is 0 Å². The number of carbonyl (C=O) groups excluding carboxylic acids is 1. The Morgan fingerprint density at radius 2 is 2.00 bits per heavy atom. The molecule has 0 bridgehead atoms. The quantitative estimate of drug-likeness (QED) is 0.723. The number of hydrogen-bond acceptors (Lipinski definition) is 5. The van der Waals surface area contributed by atoms with Crippen LogP contribution < -0.4 is 11.1 Å². The van der Waals surface area contributed by atoms with Crippen LogP contribution in [0.5, 0.6) is 0 Å². The minimum absolute atomic E-state index is 0.0368. The van der Waals surface area contributed by atoms with Gasteiger partial charge in [-0.05, 0) is 37.3 Å². The highest BCUT2D eigenvalue weighted by molar-refractivity contribution is 7.91. The molecule has 3 N–H and O–H groups in total. The first-order valence-electron chi connectivity index (χ1n) is 8.41. The molecule has 136 valence electrons. The fraction of sp³-hybridized carbons (Fsp3) is 0.688. The molecule has 0 aliphatic carbocycles. The van der Waals surface area contributed by atoms with E-state index >= 15 is 0 Å². The second-order valence-electron chi connectivity index (χ2n) is 6.64. The van der Waals surface area contributed by atoms with Crippen molar-refractivity contribution >= 4 is 27.3 Å². The van der Waals surface area contributed by atoms with Gasteiger partial charge in [-0.3, -0.25) is 4.79 Å². The summed E-state index contributed by atoms with van der Waals surface area (Å²) in [6, 6.07) is 3.30. The van der Waals surface area contributed by atoms with Gasteiger partial charge in [0.15, 0.2) is 0 Å². The number of sulfonamides is 1. The zero-order chi connectivity index (χ0) is 17.7. The highest BCUT2D eigenvalue weighted by Crippen LogP contribution is 2.27. The Hall–Kier alpha value is -0.960. The lowest BCUT2D eigenvalue weighted by Crippen LogP contribution is -2.41. The molecule has 2 rings (SSSR count). The largest absolute Gasteiger partial charge is 0.352 e. The maximum atomic E-state index is 12.5. The number of thiophene rings is 1. The summed E-state index contributed by atoms with van der Waals surface area (Å²) < 4.78 is 26.8. The van der Waals surface area contributed by atoms with Crippen LogP contribution in [0, 0.1) is 5.92 Å². The van der Waals surface area contributed by atoms with Gasteiger partial charge in [-0.1, -0.05) is 13.8 Å². The Balaban J connectivity index is 1.97. The van der Waals surface area contributed by atoms with E-state index in [0.29, 0.717) is 29.8 Å². The van der Waals surface area contributed by atoms with Crippen molar-refractivity contribution in [1.82, 2.24) is 9.62 Å². The molecule has 1 aliphatic rings. The number of nitrogens with two attached hydrogens (primary N) is 1. The van der Waals surface area contributed by atoms with E-state index < -0.39 is 10.0 Å². The molecule has 1 unspecified atom stereocenters. The van der Waals surface area contributed by atoms with Gasteiger partial charge in [0.1, 0.15) is 4.21 Å². The van der Waals surface area contributed by atoms with Crippen LogP contribution in [0.1, 0.15) is 38.0 Å². The predicted molar refractivity (Wildman–Crippen MR) is 96.5 cm³/mol. The summed E-state index contributed by atoms with van der Waals surface area (Å²) in [7, 11) is -3.40. The SMILES string of the molecule is CC(C)CC(CN)NC(=O)Cc1ccc(S(=O)(=O)N2CCCC2)s1. The zero-order valence-electron chi connectivity index (χ0n) is 14.3. The lowest BCUT2D eigenvalue weighted by molar-refractivity contribution is -0.121. The molecular weight excluding hydrogens is 346 g/mol. The van der Waals surface area contributed by atoms with Gasteiger partial charge in [0.25, 0.3) is 10.0 Å². The average molecular weight is 374 g/mol. The maximum absolute atomic E-state index is 12.5. The van der Waals surface area contributed by atoms with Crippen LogP contribution in [-0.2, 0) is 21.2 Å². The molecule has 0 aromatic carbocycles. The van der Waals surface area contributed by atoms with E-state index in [4.69, 9.17) is 5.73 Å². The molecule has 0 spiro atoms. The van der Waals surface area contributed by atoms with E-state index in [-0.39, 0.29) is 18.4 Å². The summed E-state index contributed by atoms with van der Waals surface area (Å²) in [5, 5.41) is 2.93. The Bertz CT molecular complexity index is 649. The molecule has 1 fully saturated rings. The molecule has 24 heavy (non-hydrogen) atoms. The van der Waals surface area contributed by atoms with Crippen molar-refractivity contribution in [3.05, 3.63) is 17.0 Å². The monoisotopic (exact) mass is 373 g/mol. The average Bonchev–Trinajstić information content (AvgIpc) is 3.17. The van der Waals surface area contributed by atoms with Gasteiger partial charge in [-0.15, -0.1) is 11.3 Å². The number of nitrogens with one attached hydrogen (secondary N) is 1. The highest BCUT2D eigenvalue weighted by atomic mass is 32.2. The first-order chi connectivity index (χ1) is 11.3. The Morgan fingerprint density at radius 3 is 2.58 bits per heavy atom. The van der Waals surface area contributed by atoms with Gasteiger partial charge in [0, 0.05) is 30.6 Å². The predicted octanol–water partition coefficient (Wildman–Crippen LogP) is 1.56. The molecule has 1 aliphatic heterocycles. The molecule has 6 nitrogen and oxygen atoms in total. The van der Waals surface area contributed by atoms with Crippen molar-refractivity contribution in [2.24, 2.45) is 11.7 Å². The van der Waals surface area contributed by atoms with Crippen LogP contribution >= 0.6 is 11.3 Å². The molecule has 0 saturated carbocycles. The van der Waals surface area contributed by atoms with E-state index in [1.807, 2.05) is 0 Å². The van der Waals surface area contributed by atoms with E-state index in [2.05, 4.69) is 19.2 Å². The fourth-order valence-corrected chi connectivity index (χ4v) is 5.89. The first-order valence-corrected chi connectivity index (χ1v) is 10.7. The lowest BCUT2D eigenvalue weighted by atomic mass is 10.0. The van der Waals surface area contributed by atoms with Gasteiger partial charge >= 0.3 is 0 Å². The molecule has 1 atom stereocenters. The summed E-state index contributed by atoms with van der Waals surface area (Å²) in [6.45, 7) is 5.75. The minimum Gasteiger partial charge on any atom is -0.352 e. The molecule has 0 radical (unpaired) electrons. The van der Waals surface area contributed by atoms with Gasteiger partial charge in [0.05, 0.1) is 6.42 Å². The van der Waals surface area contributed by atoms with Gasteiger partial charge in [-0.25, -0.2) is 8.42 Å².